The molecule has 2 aromatic heterocycles. The first kappa shape index (κ1) is 12.7. The Balaban J connectivity index is 2.41. The molecule has 0 aliphatic heterocycles. The molecule has 7 heteroatoms. The van der Waals surface area contributed by atoms with Crippen LogP contribution in [0.5, 0.6) is 0 Å². The van der Waals surface area contributed by atoms with Gasteiger partial charge >= 0.3 is 0 Å². The Morgan fingerprint density at radius 3 is 3.00 bits per heavy atom. The lowest BCUT2D eigenvalue weighted by Gasteiger charge is -2.22. The molecule has 6 nitrogen and oxygen atoms in total. The summed E-state index contributed by atoms with van der Waals surface area (Å²) in [6.07, 6.45) is 1.46. The SMILES string of the molecule is CC(C)(Cn1cnc2ccsc2c1=O)C(=O)NN. The lowest BCUT2D eigenvalue weighted by molar-refractivity contribution is -0.130. The van der Waals surface area contributed by atoms with Gasteiger partial charge in [-0.05, 0) is 25.3 Å². The third kappa shape index (κ3) is 2.14. The first-order chi connectivity index (χ1) is 8.45. The molecule has 0 fully saturated rings. The van der Waals surface area contributed by atoms with Gasteiger partial charge in [0.25, 0.3) is 5.56 Å². The number of nitrogens with one attached hydrogen (secondary N) is 1. The normalized spacial score (nSPS) is 11.7. The number of carbonyl (C=O) groups is 1. The smallest absolute Gasteiger partial charge is 0.271 e. The molecule has 1 amide bonds. The highest BCUT2D eigenvalue weighted by atomic mass is 32.1. The van der Waals surface area contributed by atoms with E-state index < -0.39 is 5.41 Å². The first-order valence-electron chi connectivity index (χ1n) is 5.39. The Morgan fingerprint density at radius 1 is 1.61 bits per heavy atom. The van der Waals surface area contributed by atoms with E-state index in [0.717, 1.165) is 0 Å². The molecule has 2 aromatic rings. The Kier molecular flexibility index (Phi) is 3.18. The van der Waals surface area contributed by atoms with E-state index in [1.165, 1.54) is 22.2 Å². The maximum Gasteiger partial charge on any atom is 0.271 e. The van der Waals surface area contributed by atoms with Gasteiger partial charge in [-0.15, -0.1) is 11.3 Å². The molecule has 0 radical (unpaired) electrons. The predicted molar refractivity (Wildman–Crippen MR) is 70.0 cm³/mol. The number of amides is 1. The second-order valence-corrected chi connectivity index (χ2v) is 5.59. The van der Waals surface area contributed by atoms with Gasteiger partial charge in [-0.2, -0.15) is 0 Å². The molecule has 0 spiro atoms. The number of rotatable bonds is 3. The highest BCUT2D eigenvalue weighted by Gasteiger charge is 2.28. The standard InChI is InChI=1S/C11H14N4O2S/c1-11(2,10(17)14-12)5-15-6-13-7-3-4-18-8(7)9(15)16/h3-4,6H,5,12H2,1-2H3,(H,14,17). The highest BCUT2D eigenvalue weighted by Crippen LogP contribution is 2.18. The zero-order chi connectivity index (χ0) is 13.3. The van der Waals surface area contributed by atoms with Crippen LogP contribution < -0.4 is 16.8 Å². The predicted octanol–water partition coefficient (Wildman–Crippen LogP) is 0.474. The van der Waals surface area contributed by atoms with Crippen LogP contribution in [0.4, 0.5) is 0 Å². The van der Waals surface area contributed by atoms with Crippen molar-refractivity contribution in [3.8, 4) is 0 Å². The monoisotopic (exact) mass is 266 g/mol. The Morgan fingerprint density at radius 2 is 2.33 bits per heavy atom. The molecule has 2 rings (SSSR count). The Bertz CT molecular complexity index is 644. The van der Waals surface area contributed by atoms with Gasteiger partial charge in [-0.25, -0.2) is 10.8 Å². The second kappa shape index (κ2) is 4.51. The number of nitrogens with zero attached hydrogens (tertiary/aromatic N) is 2. The van der Waals surface area contributed by atoms with E-state index in [-0.39, 0.29) is 18.0 Å². The zero-order valence-electron chi connectivity index (χ0n) is 10.1. The Labute approximate surface area is 107 Å². The summed E-state index contributed by atoms with van der Waals surface area (Å²) in [6, 6.07) is 1.80. The van der Waals surface area contributed by atoms with Gasteiger partial charge < -0.3 is 0 Å². The molecule has 0 saturated carbocycles. The molecule has 0 unspecified atom stereocenters. The van der Waals surface area contributed by atoms with Crippen LogP contribution >= 0.6 is 11.3 Å². The molecule has 18 heavy (non-hydrogen) atoms. The molecule has 0 aliphatic rings. The fraction of sp³-hybridized carbons (Fsp3) is 0.364. The van der Waals surface area contributed by atoms with E-state index in [1.807, 2.05) is 5.38 Å². The van der Waals surface area contributed by atoms with Gasteiger partial charge in [0.2, 0.25) is 5.91 Å². The molecular weight excluding hydrogens is 252 g/mol. The summed E-state index contributed by atoms with van der Waals surface area (Å²) in [7, 11) is 0. The number of hydrogen-bond acceptors (Lipinski definition) is 5. The number of nitrogens with two attached hydrogens (primary N) is 1. The van der Waals surface area contributed by atoms with Crippen molar-refractivity contribution in [3.63, 3.8) is 0 Å². The van der Waals surface area contributed by atoms with Crippen molar-refractivity contribution in [1.29, 1.82) is 0 Å². The fourth-order valence-electron chi connectivity index (χ4n) is 1.68. The van der Waals surface area contributed by atoms with Crippen molar-refractivity contribution in [2.24, 2.45) is 11.3 Å². The van der Waals surface area contributed by atoms with Crippen LogP contribution in [-0.2, 0) is 11.3 Å². The third-order valence-electron chi connectivity index (χ3n) is 2.75. The summed E-state index contributed by atoms with van der Waals surface area (Å²) in [5.41, 5.74) is 1.88. The van der Waals surface area contributed by atoms with Crippen LogP contribution in [0, 0.1) is 5.41 Å². The average molecular weight is 266 g/mol. The molecular formula is C11H14N4O2S. The summed E-state index contributed by atoms with van der Waals surface area (Å²) in [5, 5.41) is 1.82. The Hall–Kier alpha value is -1.73. The van der Waals surface area contributed by atoms with Gasteiger partial charge in [0.1, 0.15) is 4.70 Å². The van der Waals surface area contributed by atoms with Crippen molar-refractivity contribution in [3.05, 3.63) is 28.1 Å². The van der Waals surface area contributed by atoms with E-state index in [2.05, 4.69) is 10.4 Å². The van der Waals surface area contributed by atoms with Crippen LogP contribution in [0.1, 0.15) is 13.8 Å². The number of hydrazine groups is 1. The third-order valence-corrected chi connectivity index (χ3v) is 3.64. The summed E-state index contributed by atoms with van der Waals surface area (Å²) < 4.78 is 2.04. The van der Waals surface area contributed by atoms with Gasteiger partial charge in [-0.1, -0.05) is 0 Å². The second-order valence-electron chi connectivity index (χ2n) is 4.67. The molecule has 3 N–H and O–H groups in total. The highest BCUT2D eigenvalue weighted by molar-refractivity contribution is 7.17. The van der Waals surface area contributed by atoms with Crippen LogP contribution in [0.2, 0.25) is 0 Å². The van der Waals surface area contributed by atoms with Gasteiger partial charge in [-0.3, -0.25) is 19.6 Å². The molecule has 96 valence electrons. The molecule has 0 aliphatic carbocycles. The minimum absolute atomic E-state index is 0.132. The topological polar surface area (TPSA) is 90.0 Å². The fourth-order valence-corrected chi connectivity index (χ4v) is 2.48. The number of aromatic nitrogens is 2. The number of carbonyl (C=O) groups excluding carboxylic acids is 1. The van der Waals surface area contributed by atoms with Crippen molar-refractivity contribution in [1.82, 2.24) is 15.0 Å². The van der Waals surface area contributed by atoms with Crippen molar-refractivity contribution < 1.29 is 4.79 Å². The van der Waals surface area contributed by atoms with E-state index in [0.29, 0.717) is 10.2 Å². The summed E-state index contributed by atoms with van der Waals surface area (Å²) >= 11 is 1.35. The van der Waals surface area contributed by atoms with E-state index >= 15 is 0 Å². The number of thiophene rings is 1. The lowest BCUT2D eigenvalue weighted by Crippen LogP contribution is -2.44. The van der Waals surface area contributed by atoms with E-state index in [1.54, 1.807) is 19.9 Å². The van der Waals surface area contributed by atoms with Gasteiger partial charge in [0, 0.05) is 6.54 Å². The number of hydrogen-bond donors (Lipinski definition) is 2. The molecule has 0 saturated heterocycles. The van der Waals surface area contributed by atoms with Crippen molar-refractivity contribution in [2.45, 2.75) is 20.4 Å². The summed E-state index contributed by atoms with van der Waals surface area (Å²) in [6.45, 7) is 3.68. The molecule has 0 atom stereocenters. The zero-order valence-corrected chi connectivity index (χ0v) is 11.0. The van der Waals surface area contributed by atoms with Gasteiger partial charge in [0.05, 0.1) is 17.3 Å². The van der Waals surface area contributed by atoms with Crippen molar-refractivity contribution in [2.75, 3.05) is 0 Å². The molecule has 2 heterocycles. The molecule has 0 aromatic carbocycles. The number of fused-ring (bicyclic) bond motifs is 1. The largest absolute Gasteiger partial charge is 0.297 e. The van der Waals surface area contributed by atoms with Crippen LogP contribution in [0.15, 0.2) is 22.6 Å². The van der Waals surface area contributed by atoms with E-state index in [9.17, 15) is 9.59 Å². The van der Waals surface area contributed by atoms with Crippen LogP contribution in [0.3, 0.4) is 0 Å². The maximum absolute atomic E-state index is 12.1. The first-order valence-corrected chi connectivity index (χ1v) is 6.27. The minimum atomic E-state index is -0.773. The summed E-state index contributed by atoms with van der Waals surface area (Å²) in [4.78, 5) is 27.9. The quantitative estimate of drug-likeness (QED) is 0.480. The average Bonchev–Trinajstić information content (AvgIpc) is 2.80. The summed E-state index contributed by atoms with van der Waals surface area (Å²) in [5.74, 6) is 4.80. The van der Waals surface area contributed by atoms with Crippen LogP contribution in [-0.4, -0.2) is 15.5 Å². The van der Waals surface area contributed by atoms with E-state index in [4.69, 9.17) is 5.84 Å². The van der Waals surface area contributed by atoms with Crippen LogP contribution in [0.25, 0.3) is 10.2 Å². The van der Waals surface area contributed by atoms with Crippen molar-refractivity contribution >= 4 is 27.5 Å². The lowest BCUT2D eigenvalue weighted by atomic mass is 9.92. The molecule has 0 bridgehead atoms. The maximum atomic E-state index is 12.1. The minimum Gasteiger partial charge on any atom is -0.297 e. The van der Waals surface area contributed by atoms with Gasteiger partial charge in [0.15, 0.2) is 0 Å².